The maximum atomic E-state index is 11.5. The Kier molecular flexibility index (Phi) is 8.33. The summed E-state index contributed by atoms with van der Waals surface area (Å²) in [5, 5.41) is 2.66. The number of carbonyl (C=O) groups is 2. The molecule has 8 heteroatoms. The van der Waals surface area contributed by atoms with E-state index in [1.165, 1.54) is 7.11 Å². The second-order valence-corrected chi connectivity index (χ2v) is 6.29. The molecule has 0 atom stereocenters. The Balaban J connectivity index is 3.85. The highest BCUT2D eigenvalue weighted by atomic mass is 32.2. The Morgan fingerprint density at radius 3 is 2.37 bits per heavy atom. The summed E-state index contributed by atoms with van der Waals surface area (Å²) in [6.07, 6.45) is 0.347. The predicted molar refractivity (Wildman–Crippen MR) is 70.9 cm³/mol. The van der Waals surface area contributed by atoms with Crippen LogP contribution in [0.3, 0.4) is 0 Å². The standard InChI is InChI=1S/C11H22N2O5S/c1-9(2)13-10(14)6-7-12-19(16,17)8-4-5-11(15)18-3/h9,12H,4-8H2,1-3H3,(H,13,14). The Morgan fingerprint density at radius 1 is 1.21 bits per heavy atom. The van der Waals surface area contributed by atoms with Crippen molar-refractivity contribution in [3.63, 3.8) is 0 Å². The van der Waals surface area contributed by atoms with Crippen LogP contribution in [0.2, 0.25) is 0 Å². The number of esters is 1. The average Bonchev–Trinajstić information content (AvgIpc) is 2.27. The molecule has 0 saturated heterocycles. The van der Waals surface area contributed by atoms with Crippen LogP contribution < -0.4 is 10.0 Å². The third kappa shape index (κ3) is 10.5. The second-order valence-electron chi connectivity index (χ2n) is 4.37. The molecular formula is C11H22N2O5S. The summed E-state index contributed by atoms with van der Waals surface area (Å²) >= 11 is 0. The van der Waals surface area contributed by atoms with Gasteiger partial charge in [-0.1, -0.05) is 0 Å². The number of sulfonamides is 1. The van der Waals surface area contributed by atoms with E-state index in [1.54, 1.807) is 0 Å². The van der Waals surface area contributed by atoms with Crippen molar-refractivity contribution in [3.8, 4) is 0 Å². The van der Waals surface area contributed by atoms with Crippen molar-refractivity contribution < 1.29 is 22.7 Å². The number of hydrogen-bond donors (Lipinski definition) is 2. The maximum Gasteiger partial charge on any atom is 0.305 e. The van der Waals surface area contributed by atoms with Gasteiger partial charge >= 0.3 is 5.97 Å². The van der Waals surface area contributed by atoms with E-state index >= 15 is 0 Å². The Hall–Kier alpha value is -1.15. The van der Waals surface area contributed by atoms with Gasteiger partial charge in [-0.25, -0.2) is 13.1 Å². The lowest BCUT2D eigenvalue weighted by Crippen LogP contribution is -2.34. The number of hydrogen-bond acceptors (Lipinski definition) is 5. The molecular weight excluding hydrogens is 272 g/mol. The average molecular weight is 294 g/mol. The molecule has 0 aliphatic rings. The molecule has 7 nitrogen and oxygen atoms in total. The molecule has 0 radical (unpaired) electrons. The normalized spacial score (nSPS) is 11.4. The molecule has 0 aliphatic carbocycles. The topological polar surface area (TPSA) is 102 Å². The third-order valence-electron chi connectivity index (χ3n) is 2.15. The van der Waals surface area contributed by atoms with Crippen LogP contribution in [0.1, 0.15) is 33.1 Å². The van der Waals surface area contributed by atoms with Gasteiger partial charge < -0.3 is 10.1 Å². The molecule has 0 aromatic heterocycles. The van der Waals surface area contributed by atoms with Gasteiger partial charge in [0.25, 0.3) is 0 Å². The van der Waals surface area contributed by atoms with E-state index < -0.39 is 16.0 Å². The molecule has 1 amide bonds. The Bertz CT molecular complexity index is 392. The first-order chi connectivity index (χ1) is 8.76. The largest absolute Gasteiger partial charge is 0.469 e. The minimum atomic E-state index is -3.45. The molecule has 0 heterocycles. The summed E-state index contributed by atoms with van der Waals surface area (Å²) in [5.41, 5.74) is 0. The van der Waals surface area contributed by atoms with E-state index in [2.05, 4.69) is 14.8 Å². The number of carbonyl (C=O) groups excluding carboxylic acids is 2. The molecule has 0 saturated carbocycles. The summed E-state index contributed by atoms with van der Waals surface area (Å²) in [5.74, 6) is -0.799. The molecule has 2 N–H and O–H groups in total. The fraction of sp³-hybridized carbons (Fsp3) is 0.818. The smallest absolute Gasteiger partial charge is 0.305 e. The van der Waals surface area contributed by atoms with Gasteiger partial charge in [-0.2, -0.15) is 0 Å². The minimum absolute atomic E-state index is 0.0316. The van der Waals surface area contributed by atoms with E-state index in [0.29, 0.717) is 0 Å². The summed E-state index contributed by atoms with van der Waals surface area (Å²) in [4.78, 5) is 22.1. The molecule has 0 aliphatic heterocycles. The fourth-order valence-corrected chi connectivity index (χ4v) is 2.38. The zero-order valence-corrected chi connectivity index (χ0v) is 12.4. The first-order valence-corrected chi connectivity index (χ1v) is 7.75. The van der Waals surface area contributed by atoms with Gasteiger partial charge in [0.05, 0.1) is 12.9 Å². The molecule has 0 fully saturated rings. The number of methoxy groups -OCH3 is 1. The first kappa shape index (κ1) is 17.8. The summed E-state index contributed by atoms with van der Waals surface area (Å²) in [6, 6.07) is 0.0316. The lowest BCUT2D eigenvalue weighted by atomic mass is 10.3. The molecule has 0 unspecified atom stereocenters. The van der Waals surface area contributed by atoms with Crippen molar-refractivity contribution in [2.75, 3.05) is 19.4 Å². The summed E-state index contributed by atoms with van der Waals surface area (Å²) in [7, 11) is -2.19. The van der Waals surface area contributed by atoms with Crippen LogP contribution in [0.25, 0.3) is 0 Å². The van der Waals surface area contributed by atoms with E-state index in [0.717, 1.165) is 0 Å². The van der Waals surface area contributed by atoms with E-state index in [4.69, 9.17) is 0 Å². The van der Waals surface area contributed by atoms with Crippen LogP contribution in [0.15, 0.2) is 0 Å². The predicted octanol–water partition coefficient (Wildman–Crippen LogP) is -0.226. The van der Waals surface area contributed by atoms with E-state index in [1.807, 2.05) is 13.8 Å². The van der Waals surface area contributed by atoms with Crippen LogP contribution in [-0.4, -0.2) is 45.7 Å². The van der Waals surface area contributed by atoms with E-state index in [9.17, 15) is 18.0 Å². The van der Waals surface area contributed by atoms with Crippen molar-refractivity contribution in [2.24, 2.45) is 0 Å². The number of rotatable bonds is 9. The van der Waals surface area contributed by atoms with Crippen LogP contribution in [0, 0.1) is 0 Å². The molecule has 19 heavy (non-hydrogen) atoms. The fourth-order valence-electron chi connectivity index (χ4n) is 1.29. The van der Waals surface area contributed by atoms with Crippen molar-refractivity contribution in [1.29, 1.82) is 0 Å². The van der Waals surface area contributed by atoms with E-state index in [-0.39, 0.29) is 43.5 Å². The zero-order valence-electron chi connectivity index (χ0n) is 11.6. The monoisotopic (exact) mass is 294 g/mol. The SMILES string of the molecule is COC(=O)CCCS(=O)(=O)NCCC(=O)NC(C)C. The van der Waals surface area contributed by atoms with Gasteiger partial charge in [-0.15, -0.1) is 0 Å². The first-order valence-electron chi connectivity index (χ1n) is 6.10. The molecule has 0 bridgehead atoms. The van der Waals surface area contributed by atoms with Gasteiger partial charge in [-0.3, -0.25) is 9.59 Å². The van der Waals surface area contributed by atoms with Gasteiger partial charge in [-0.05, 0) is 20.3 Å². The van der Waals surface area contributed by atoms with Gasteiger partial charge in [0.2, 0.25) is 15.9 Å². The van der Waals surface area contributed by atoms with Crippen LogP contribution in [0.5, 0.6) is 0 Å². The maximum absolute atomic E-state index is 11.5. The third-order valence-corrected chi connectivity index (χ3v) is 3.62. The lowest BCUT2D eigenvalue weighted by molar-refractivity contribution is -0.140. The van der Waals surface area contributed by atoms with Crippen LogP contribution >= 0.6 is 0 Å². The highest BCUT2D eigenvalue weighted by Gasteiger charge is 2.12. The Morgan fingerprint density at radius 2 is 1.84 bits per heavy atom. The molecule has 0 spiro atoms. The number of ether oxygens (including phenoxy) is 1. The van der Waals surface area contributed by atoms with Crippen molar-refractivity contribution in [2.45, 2.75) is 39.2 Å². The second kappa shape index (κ2) is 8.87. The minimum Gasteiger partial charge on any atom is -0.469 e. The molecule has 112 valence electrons. The van der Waals surface area contributed by atoms with Crippen molar-refractivity contribution in [3.05, 3.63) is 0 Å². The molecule has 0 rings (SSSR count). The zero-order chi connectivity index (χ0) is 14.9. The molecule has 0 aromatic rings. The van der Waals surface area contributed by atoms with Crippen molar-refractivity contribution >= 4 is 21.9 Å². The van der Waals surface area contributed by atoms with Gasteiger partial charge in [0.15, 0.2) is 0 Å². The van der Waals surface area contributed by atoms with Crippen molar-refractivity contribution in [1.82, 2.24) is 10.0 Å². The highest BCUT2D eigenvalue weighted by molar-refractivity contribution is 7.89. The number of amides is 1. The number of nitrogens with one attached hydrogen (secondary N) is 2. The highest BCUT2D eigenvalue weighted by Crippen LogP contribution is 1.96. The Labute approximate surface area is 114 Å². The summed E-state index contributed by atoms with van der Waals surface area (Å²) < 4.78 is 29.7. The molecule has 0 aromatic carbocycles. The summed E-state index contributed by atoms with van der Waals surface area (Å²) in [6.45, 7) is 3.71. The van der Waals surface area contributed by atoms with Gasteiger partial charge in [0, 0.05) is 25.4 Å². The van der Waals surface area contributed by atoms with Gasteiger partial charge in [0.1, 0.15) is 0 Å². The quantitative estimate of drug-likeness (QED) is 0.572. The van der Waals surface area contributed by atoms with Crippen LogP contribution in [0.4, 0.5) is 0 Å². The lowest BCUT2D eigenvalue weighted by Gasteiger charge is -2.09. The van der Waals surface area contributed by atoms with Crippen LogP contribution in [-0.2, 0) is 24.3 Å².